The van der Waals surface area contributed by atoms with Gasteiger partial charge in [-0.05, 0) is 32.0 Å². The topological polar surface area (TPSA) is 12.0 Å². The van der Waals surface area contributed by atoms with Crippen LogP contribution in [0, 0.1) is 11.7 Å². The summed E-state index contributed by atoms with van der Waals surface area (Å²) < 4.78 is 13.8. The van der Waals surface area contributed by atoms with Crippen LogP contribution in [0.3, 0.4) is 0 Å². The average molecular weight is 255 g/mol. The highest BCUT2D eigenvalue weighted by Crippen LogP contribution is 2.31. The van der Waals surface area contributed by atoms with Crippen LogP contribution in [0.15, 0.2) is 23.1 Å². The summed E-state index contributed by atoms with van der Waals surface area (Å²) in [4.78, 5) is 1.06. The molecule has 0 saturated carbocycles. The molecule has 0 spiro atoms. The molecule has 1 aromatic rings. The number of nitrogens with one attached hydrogen (secondary N) is 1. The van der Waals surface area contributed by atoms with Gasteiger partial charge in [-0.25, -0.2) is 4.39 Å². The van der Waals surface area contributed by atoms with Gasteiger partial charge in [0.05, 0.1) is 0 Å². The molecule has 1 aromatic carbocycles. The molecule has 2 unspecified atom stereocenters. The van der Waals surface area contributed by atoms with E-state index in [1.807, 2.05) is 20.0 Å². The van der Waals surface area contributed by atoms with E-state index in [2.05, 4.69) is 19.2 Å². The Labute approximate surface area is 108 Å². The Morgan fingerprint density at radius 1 is 1.35 bits per heavy atom. The molecule has 1 N–H and O–H groups in total. The summed E-state index contributed by atoms with van der Waals surface area (Å²) in [6, 6.07) is 5.39. The molecule has 0 aliphatic heterocycles. The van der Waals surface area contributed by atoms with Crippen LogP contribution in [-0.4, -0.2) is 12.8 Å². The van der Waals surface area contributed by atoms with Gasteiger partial charge in [0.1, 0.15) is 5.82 Å². The molecule has 0 bridgehead atoms. The summed E-state index contributed by atoms with van der Waals surface area (Å²) in [7, 11) is 1.86. The van der Waals surface area contributed by atoms with Gasteiger partial charge in [-0.15, -0.1) is 11.8 Å². The molecule has 0 fully saturated rings. The zero-order valence-corrected chi connectivity index (χ0v) is 11.9. The van der Waals surface area contributed by atoms with E-state index in [0.29, 0.717) is 5.92 Å². The van der Waals surface area contributed by atoms with Crippen molar-refractivity contribution in [2.45, 2.75) is 38.1 Å². The molecular formula is C14H22FNS. The Bertz CT molecular complexity index is 354. The summed E-state index contributed by atoms with van der Waals surface area (Å²) in [6.07, 6.45) is 1.17. The van der Waals surface area contributed by atoms with E-state index in [-0.39, 0.29) is 11.9 Å². The van der Waals surface area contributed by atoms with Gasteiger partial charge in [0.2, 0.25) is 0 Å². The molecule has 1 nitrogen and oxygen atoms in total. The maximum atomic E-state index is 13.8. The van der Waals surface area contributed by atoms with Gasteiger partial charge in [0.15, 0.2) is 0 Å². The predicted molar refractivity (Wildman–Crippen MR) is 74.1 cm³/mol. The Morgan fingerprint density at radius 3 is 2.65 bits per heavy atom. The number of halogens is 1. The van der Waals surface area contributed by atoms with Gasteiger partial charge in [-0.1, -0.05) is 26.3 Å². The van der Waals surface area contributed by atoms with Crippen LogP contribution < -0.4 is 5.32 Å². The lowest BCUT2D eigenvalue weighted by atomic mass is 10.1. The maximum absolute atomic E-state index is 13.8. The Balaban J connectivity index is 2.87. The summed E-state index contributed by atoms with van der Waals surface area (Å²) in [5.74, 6) is 1.60. The number of hydrogen-bond acceptors (Lipinski definition) is 2. The fraction of sp³-hybridized carbons (Fsp3) is 0.571. The smallest absolute Gasteiger partial charge is 0.129 e. The van der Waals surface area contributed by atoms with Crippen LogP contribution in [0.2, 0.25) is 0 Å². The lowest BCUT2D eigenvalue weighted by Crippen LogP contribution is -2.15. The molecule has 0 heterocycles. The summed E-state index contributed by atoms with van der Waals surface area (Å²) in [5, 5.41) is 3.11. The highest BCUT2D eigenvalue weighted by Gasteiger charge is 2.14. The van der Waals surface area contributed by atoms with Crippen molar-refractivity contribution < 1.29 is 4.39 Å². The number of rotatable bonds is 6. The first-order valence-corrected chi connectivity index (χ1v) is 7.17. The van der Waals surface area contributed by atoms with Crippen LogP contribution in [0.1, 0.15) is 38.8 Å². The second-order valence-corrected chi connectivity index (χ2v) is 5.55. The predicted octanol–water partition coefficient (Wildman–Crippen LogP) is 4.24. The lowest BCUT2D eigenvalue weighted by molar-refractivity contribution is 0.551. The Hall–Kier alpha value is -0.540. The van der Waals surface area contributed by atoms with Crippen LogP contribution in [0.4, 0.5) is 4.39 Å². The van der Waals surface area contributed by atoms with Gasteiger partial charge in [-0.3, -0.25) is 0 Å². The molecule has 0 saturated heterocycles. The minimum Gasteiger partial charge on any atom is -0.313 e. The van der Waals surface area contributed by atoms with E-state index < -0.39 is 0 Å². The molecule has 0 amide bonds. The third kappa shape index (κ3) is 4.00. The summed E-state index contributed by atoms with van der Waals surface area (Å²) in [5.41, 5.74) is 0.795. The fourth-order valence-corrected chi connectivity index (χ4v) is 2.86. The molecule has 1 rings (SSSR count). The zero-order chi connectivity index (χ0) is 12.8. The SMILES string of the molecule is CCC(C)CSc1cccc(F)c1C(C)NC. The molecule has 3 heteroatoms. The normalized spacial score (nSPS) is 14.6. The van der Waals surface area contributed by atoms with Gasteiger partial charge >= 0.3 is 0 Å². The number of benzene rings is 1. The average Bonchev–Trinajstić information content (AvgIpc) is 2.35. The molecule has 2 atom stereocenters. The fourth-order valence-electron chi connectivity index (χ4n) is 1.56. The van der Waals surface area contributed by atoms with Crippen molar-refractivity contribution in [3.05, 3.63) is 29.6 Å². The van der Waals surface area contributed by atoms with Crippen LogP contribution in [0.25, 0.3) is 0 Å². The molecule has 0 aromatic heterocycles. The summed E-state index contributed by atoms with van der Waals surface area (Å²) in [6.45, 7) is 6.41. The van der Waals surface area contributed by atoms with Crippen molar-refractivity contribution in [2.75, 3.05) is 12.8 Å². The van der Waals surface area contributed by atoms with Crippen molar-refractivity contribution >= 4 is 11.8 Å². The molecule has 0 radical (unpaired) electrons. The van der Waals surface area contributed by atoms with E-state index in [1.54, 1.807) is 17.8 Å². The largest absolute Gasteiger partial charge is 0.313 e. The van der Waals surface area contributed by atoms with Crippen LogP contribution >= 0.6 is 11.8 Å². The Morgan fingerprint density at radius 2 is 2.06 bits per heavy atom. The van der Waals surface area contributed by atoms with Crippen molar-refractivity contribution in [1.82, 2.24) is 5.32 Å². The molecule has 0 aliphatic rings. The number of hydrogen-bond donors (Lipinski definition) is 1. The first kappa shape index (κ1) is 14.5. The van der Waals surface area contributed by atoms with E-state index in [9.17, 15) is 4.39 Å². The monoisotopic (exact) mass is 255 g/mol. The zero-order valence-electron chi connectivity index (χ0n) is 11.1. The minimum absolute atomic E-state index is 0.0515. The van der Waals surface area contributed by atoms with Crippen molar-refractivity contribution in [1.29, 1.82) is 0 Å². The van der Waals surface area contributed by atoms with Crippen LogP contribution in [0.5, 0.6) is 0 Å². The highest BCUT2D eigenvalue weighted by atomic mass is 32.2. The van der Waals surface area contributed by atoms with E-state index >= 15 is 0 Å². The minimum atomic E-state index is -0.110. The van der Waals surface area contributed by atoms with Gasteiger partial charge in [-0.2, -0.15) is 0 Å². The van der Waals surface area contributed by atoms with Gasteiger partial charge in [0.25, 0.3) is 0 Å². The molecule has 96 valence electrons. The molecule has 17 heavy (non-hydrogen) atoms. The first-order valence-electron chi connectivity index (χ1n) is 6.18. The van der Waals surface area contributed by atoms with Gasteiger partial charge < -0.3 is 5.32 Å². The third-order valence-corrected chi connectivity index (χ3v) is 4.50. The quantitative estimate of drug-likeness (QED) is 0.763. The van der Waals surface area contributed by atoms with Crippen molar-refractivity contribution in [3.8, 4) is 0 Å². The molecule has 0 aliphatic carbocycles. The maximum Gasteiger partial charge on any atom is 0.129 e. The van der Waals surface area contributed by atoms with Crippen molar-refractivity contribution in [3.63, 3.8) is 0 Å². The van der Waals surface area contributed by atoms with E-state index in [4.69, 9.17) is 0 Å². The summed E-state index contributed by atoms with van der Waals surface area (Å²) >= 11 is 1.76. The third-order valence-electron chi connectivity index (χ3n) is 3.10. The van der Waals surface area contributed by atoms with Crippen molar-refractivity contribution in [2.24, 2.45) is 5.92 Å². The van der Waals surface area contributed by atoms with Crippen LogP contribution in [-0.2, 0) is 0 Å². The second kappa shape index (κ2) is 7.02. The number of thioether (sulfide) groups is 1. The highest BCUT2D eigenvalue weighted by molar-refractivity contribution is 7.99. The van der Waals surface area contributed by atoms with Gasteiger partial charge in [0, 0.05) is 22.3 Å². The lowest BCUT2D eigenvalue weighted by Gasteiger charge is -2.17. The first-order chi connectivity index (χ1) is 8.10. The van der Waals surface area contributed by atoms with E-state index in [1.165, 1.54) is 12.5 Å². The molecular weight excluding hydrogens is 233 g/mol. The van der Waals surface area contributed by atoms with E-state index in [0.717, 1.165) is 16.2 Å². The Kier molecular flexibility index (Phi) is 6.00. The standard InChI is InChI=1S/C14H22FNS/c1-5-10(2)9-17-13-8-6-7-12(15)14(13)11(3)16-4/h6-8,10-11,16H,5,9H2,1-4H3. The second-order valence-electron chi connectivity index (χ2n) is 4.49.